The van der Waals surface area contributed by atoms with Gasteiger partial charge in [0.05, 0.1) is 0 Å². The van der Waals surface area contributed by atoms with Crippen molar-refractivity contribution in [3.63, 3.8) is 0 Å². The summed E-state index contributed by atoms with van der Waals surface area (Å²) in [6.07, 6.45) is 5.91. The lowest BCUT2D eigenvalue weighted by Crippen LogP contribution is -2.32. The van der Waals surface area contributed by atoms with Gasteiger partial charge in [-0.2, -0.15) is 0 Å². The third-order valence-electron chi connectivity index (χ3n) is 4.13. The number of rotatable bonds is 1. The van der Waals surface area contributed by atoms with Gasteiger partial charge in [0.2, 0.25) is 5.91 Å². The molecule has 1 amide bonds. The average molecular weight is 181 g/mol. The van der Waals surface area contributed by atoms with Gasteiger partial charge in [0.1, 0.15) is 0 Å². The minimum Gasteiger partial charge on any atom is -0.353 e. The maximum absolute atomic E-state index is 11.3. The highest BCUT2D eigenvalue weighted by Gasteiger charge is 2.48. The van der Waals surface area contributed by atoms with Gasteiger partial charge in [-0.05, 0) is 37.5 Å². The standard InChI is InChI=1S/C11H19NO/c1-3-9-4-5-11(6-9)7-10(13)12-8(11)2/h8-9H,3-7H2,1-2H3,(H,12,13). The summed E-state index contributed by atoms with van der Waals surface area (Å²) < 4.78 is 0. The zero-order valence-electron chi connectivity index (χ0n) is 8.60. The first-order chi connectivity index (χ1) is 6.16. The van der Waals surface area contributed by atoms with Gasteiger partial charge >= 0.3 is 0 Å². The number of carbonyl (C=O) groups excluding carboxylic acids is 1. The molecule has 0 aromatic carbocycles. The second-order valence-corrected chi connectivity index (χ2v) is 4.85. The molecule has 3 atom stereocenters. The molecule has 2 fully saturated rings. The molecule has 2 heteroatoms. The van der Waals surface area contributed by atoms with Crippen LogP contribution in [0, 0.1) is 11.3 Å². The van der Waals surface area contributed by atoms with Crippen molar-refractivity contribution in [3.05, 3.63) is 0 Å². The first kappa shape index (κ1) is 9.04. The Morgan fingerprint density at radius 1 is 1.62 bits per heavy atom. The highest BCUT2D eigenvalue weighted by atomic mass is 16.2. The van der Waals surface area contributed by atoms with Crippen LogP contribution in [0.3, 0.4) is 0 Å². The molecule has 1 saturated heterocycles. The molecule has 2 nitrogen and oxygen atoms in total. The molecule has 0 aromatic heterocycles. The van der Waals surface area contributed by atoms with Gasteiger partial charge in [-0.25, -0.2) is 0 Å². The Hall–Kier alpha value is -0.530. The summed E-state index contributed by atoms with van der Waals surface area (Å²) >= 11 is 0. The largest absolute Gasteiger partial charge is 0.353 e. The summed E-state index contributed by atoms with van der Waals surface area (Å²) in [5.74, 6) is 1.14. The molecule has 1 N–H and O–H groups in total. The fourth-order valence-corrected chi connectivity index (χ4v) is 3.09. The molecule has 1 saturated carbocycles. The smallest absolute Gasteiger partial charge is 0.220 e. The zero-order valence-corrected chi connectivity index (χ0v) is 8.60. The quantitative estimate of drug-likeness (QED) is 0.659. The monoisotopic (exact) mass is 181 g/mol. The number of hydrogen-bond donors (Lipinski definition) is 1. The second kappa shape index (κ2) is 3.00. The second-order valence-electron chi connectivity index (χ2n) is 4.85. The predicted octanol–water partition coefficient (Wildman–Crippen LogP) is 2.09. The normalized spacial score (nSPS) is 44.3. The Kier molecular flexibility index (Phi) is 2.09. The van der Waals surface area contributed by atoms with Crippen molar-refractivity contribution >= 4 is 5.91 Å². The Morgan fingerprint density at radius 3 is 2.85 bits per heavy atom. The SMILES string of the molecule is CCC1CCC2(CC(=O)NC2C)C1. The van der Waals surface area contributed by atoms with Gasteiger partial charge in [-0.15, -0.1) is 0 Å². The van der Waals surface area contributed by atoms with Gasteiger partial charge in [0, 0.05) is 12.5 Å². The van der Waals surface area contributed by atoms with E-state index in [4.69, 9.17) is 0 Å². The third kappa shape index (κ3) is 1.36. The average Bonchev–Trinajstić information content (AvgIpc) is 2.59. The Morgan fingerprint density at radius 2 is 2.38 bits per heavy atom. The molecule has 0 aromatic rings. The van der Waals surface area contributed by atoms with E-state index in [-0.39, 0.29) is 5.91 Å². The summed E-state index contributed by atoms with van der Waals surface area (Å²) in [4.78, 5) is 11.3. The van der Waals surface area contributed by atoms with Gasteiger partial charge in [-0.3, -0.25) is 4.79 Å². The third-order valence-corrected chi connectivity index (χ3v) is 4.13. The van der Waals surface area contributed by atoms with Crippen LogP contribution < -0.4 is 5.32 Å². The van der Waals surface area contributed by atoms with Crippen LogP contribution >= 0.6 is 0 Å². The van der Waals surface area contributed by atoms with E-state index < -0.39 is 0 Å². The molecular formula is C11H19NO. The Bertz CT molecular complexity index is 226. The van der Waals surface area contributed by atoms with E-state index in [0.29, 0.717) is 11.5 Å². The van der Waals surface area contributed by atoms with Crippen LogP contribution in [0.5, 0.6) is 0 Å². The molecular weight excluding hydrogens is 162 g/mol. The maximum Gasteiger partial charge on any atom is 0.220 e. The van der Waals surface area contributed by atoms with Crippen LogP contribution in [-0.4, -0.2) is 11.9 Å². The minimum atomic E-state index is 0.268. The molecule has 1 heterocycles. The van der Waals surface area contributed by atoms with E-state index in [1.807, 2.05) is 0 Å². The fourth-order valence-electron chi connectivity index (χ4n) is 3.09. The Labute approximate surface area is 80.1 Å². The topological polar surface area (TPSA) is 29.1 Å². The summed E-state index contributed by atoms with van der Waals surface area (Å²) in [5, 5.41) is 3.06. The molecule has 2 rings (SSSR count). The summed E-state index contributed by atoms with van der Waals surface area (Å²) in [7, 11) is 0. The van der Waals surface area contributed by atoms with E-state index in [9.17, 15) is 4.79 Å². The first-order valence-electron chi connectivity index (χ1n) is 5.45. The maximum atomic E-state index is 11.3. The van der Waals surface area contributed by atoms with Crippen molar-refractivity contribution in [3.8, 4) is 0 Å². The van der Waals surface area contributed by atoms with Crippen LogP contribution in [-0.2, 0) is 4.79 Å². The van der Waals surface area contributed by atoms with Gasteiger partial charge < -0.3 is 5.32 Å². The molecule has 1 spiro atoms. The highest BCUT2D eigenvalue weighted by Crippen LogP contribution is 2.50. The van der Waals surface area contributed by atoms with Crippen molar-refractivity contribution in [1.29, 1.82) is 0 Å². The van der Waals surface area contributed by atoms with Crippen molar-refractivity contribution in [2.24, 2.45) is 11.3 Å². The van der Waals surface area contributed by atoms with Crippen molar-refractivity contribution in [1.82, 2.24) is 5.32 Å². The summed E-state index contributed by atoms with van der Waals surface area (Å²) in [5.41, 5.74) is 0.331. The Balaban J connectivity index is 2.10. The van der Waals surface area contributed by atoms with Crippen LogP contribution in [0.25, 0.3) is 0 Å². The van der Waals surface area contributed by atoms with Crippen LogP contribution in [0.1, 0.15) is 46.0 Å². The van der Waals surface area contributed by atoms with Crippen molar-refractivity contribution < 1.29 is 4.79 Å². The highest BCUT2D eigenvalue weighted by molar-refractivity contribution is 5.80. The molecule has 1 aliphatic heterocycles. The van der Waals surface area contributed by atoms with Crippen molar-refractivity contribution in [2.75, 3.05) is 0 Å². The number of nitrogens with one attached hydrogen (secondary N) is 1. The van der Waals surface area contributed by atoms with Crippen LogP contribution in [0.4, 0.5) is 0 Å². The molecule has 2 aliphatic rings. The van der Waals surface area contributed by atoms with Gasteiger partial charge in [-0.1, -0.05) is 13.3 Å². The van der Waals surface area contributed by atoms with E-state index in [1.165, 1.54) is 25.7 Å². The van der Waals surface area contributed by atoms with E-state index >= 15 is 0 Å². The molecule has 0 radical (unpaired) electrons. The molecule has 1 aliphatic carbocycles. The van der Waals surface area contributed by atoms with E-state index in [2.05, 4.69) is 19.2 Å². The minimum absolute atomic E-state index is 0.268. The lowest BCUT2D eigenvalue weighted by Gasteiger charge is -2.26. The molecule has 0 bridgehead atoms. The van der Waals surface area contributed by atoms with E-state index in [0.717, 1.165) is 12.3 Å². The number of carbonyl (C=O) groups is 1. The van der Waals surface area contributed by atoms with Gasteiger partial charge in [0.25, 0.3) is 0 Å². The molecule has 13 heavy (non-hydrogen) atoms. The number of hydrogen-bond acceptors (Lipinski definition) is 1. The molecule has 3 unspecified atom stereocenters. The molecule has 74 valence electrons. The predicted molar refractivity (Wildman–Crippen MR) is 52.3 cm³/mol. The van der Waals surface area contributed by atoms with Gasteiger partial charge in [0.15, 0.2) is 0 Å². The first-order valence-corrected chi connectivity index (χ1v) is 5.45. The lowest BCUT2D eigenvalue weighted by molar-refractivity contribution is -0.119. The fraction of sp³-hybridized carbons (Fsp3) is 0.909. The number of amides is 1. The van der Waals surface area contributed by atoms with Crippen LogP contribution in [0.15, 0.2) is 0 Å². The van der Waals surface area contributed by atoms with Crippen molar-refractivity contribution in [2.45, 2.75) is 52.0 Å². The van der Waals surface area contributed by atoms with E-state index in [1.54, 1.807) is 0 Å². The zero-order chi connectivity index (χ0) is 9.47. The lowest BCUT2D eigenvalue weighted by atomic mass is 9.78. The summed E-state index contributed by atoms with van der Waals surface area (Å²) in [6.45, 7) is 4.43. The van der Waals surface area contributed by atoms with Crippen LogP contribution in [0.2, 0.25) is 0 Å². The summed E-state index contributed by atoms with van der Waals surface area (Å²) in [6, 6.07) is 0.413.